The SMILES string of the molecule is N#CSCc1nc2cc(O)ccc2s1. The summed E-state index contributed by atoms with van der Waals surface area (Å²) in [6.45, 7) is 0. The van der Waals surface area contributed by atoms with Crippen molar-refractivity contribution in [1.29, 1.82) is 5.26 Å². The Kier molecular flexibility index (Phi) is 2.57. The molecule has 14 heavy (non-hydrogen) atoms. The first-order valence-corrected chi connectivity index (χ1v) is 5.69. The van der Waals surface area contributed by atoms with Crippen LogP contribution in [-0.4, -0.2) is 10.1 Å². The van der Waals surface area contributed by atoms with Gasteiger partial charge in [-0.15, -0.1) is 11.3 Å². The molecule has 0 aliphatic carbocycles. The van der Waals surface area contributed by atoms with Gasteiger partial charge in [-0.05, 0) is 23.9 Å². The highest BCUT2D eigenvalue weighted by atomic mass is 32.2. The van der Waals surface area contributed by atoms with Crippen LogP contribution >= 0.6 is 23.1 Å². The Morgan fingerprint density at radius 2 is 2.43 bits per heavy atom. The second-order valence-corrected chi connectivity index (χ2v) is 4.51. The highest BCUT2D eigenvalue weighted by Gasteiger charge is 2.04. The summed E-state index contributed by atoms with van der Waals surface area (Å²) in [5, 5.41) is 20.5. The van der Waals surface area contributed by atoms with E-state index < -0.39 is 0 Å². The van der Waals surface area contributed by atoms with Gasteiger partial charge in [0.25, 0.3) is 0 Å². The van der Waals surface area contributed by atoms with Gasteiger partial charge in [-0.1, -0.05) is 0 Å². The molecule has 0 aliphatic rings. The minimum atomic E-state index is 0.224. The minimum Gasteiger partial charge on any atom is -0.508 e. The highest BCUT2D eigenvalue weighted by molar-refractivity contribution is 8.03. The molecule has 3 nitrogen and oxygen atoms in total. The zero-order chi connectivity index (χ0) is 9.97. The van der Waals surface area contributed by atoms with Gasteiger partial charge in [0.2, 0.25) is 0 Å². The van der Waals surface area contributed by atoms with E-state index in [4.69, 9.17) is 5.26 Å². The van der Waals surface area contributed by atoms with Crippen LogP contribution < -0.4 is 0 Å². The third kappa shape index (κ3) is 1.81. The van der Waals surface area contributed by atoms with E-state index in [1.807, 2.05) is 11.5 Å². The second kappa shape index (κ2) is 3.86. The molecular weight excluding hydrogens is 216 g/mol. The van der Waals surface area contributed by atoms with E-state index in [0.29, 0.717) is 5.75 Å². The largest absolute Gasteiger partial charge is 0.508 e. The van der Waals surface area contributed by atoms with E-state index in [2.05, 4.69) is 4.98 Å². The molecule has 0 radical (unpaired) electrons. The lowest BCUT2D eigenvalue weighted by Gasteiger charge is -1.88. The molecule has 0 amide bonds. The number of fused-ring (bicyclic) bond motifs is 1. The van der Waals surface area contributed by atoms with Crippen LogP contribution in [0.4, 0.5) is 0 Å². The molecule has 0 fully saturated rings. The van der Waals surface area contributed by atoms with Crippen molar-refractivity contribution in [2.24, 2.45) is 0 Å². The van der Waals surface area contributed by atoms with Gasteiger partial charge in [0.15, 0.2) is 0 Å². The molecular formula is C9H6N2OS2. The molecule has 0 bridgehead atoms. The molecule has 0 aliphatic heterocycles. The Balaban J connectivity index is 2.37. The molecule has 0 saturated carbocycles. The maximum Gasteiger partial charge on any atom is 0.133 e. The number of aromatic nitrogens is 1. The number of nitriles is 1. The first kappa shape index (κ1) is 9.31. The molecule has 1 heterocycles. The van der Waals surface area contributed by atoms with Crippen molar-refractivity contribution in [3.63, 3.8) is 0 Å². The number of aromatic hydroxyl groups is 1. The Morgan fingerprint density at radius 3 is 3.21 bits per heavy atom. The Hall–Kier alpha value is -1.25. The Labute approximate surface area is 89.0 Å². The molecule has 1 N–H and O–H groups in total. The van der Waals surface area contributed by atoms with Gasteiger partial charge < -0.3 is 5.11 Å². The quantitative estimate of drug-likeness (QED) is 0.794. The van der Waals surface area contributed by atoms with Crippen LogP contribution in [0.3, 0.4) is 0 Å². The molecule has 1 aromatic heterocycles. The van der Waals surface area contributed by atoms with Gasteiger partial charge in [-0.25, -0.2) is 4.98 Å². The molecule has 1 aromatic carbocycles. The van der Waals surface area contributed by atoms with Crippen molar-refractivity contribution in [3.05, 3.63) is 23.2 Å². The summed E-state index contributed by atoms with van der Waals surface area (Å²) >= 11 is 2.72. The molecule has 70 valence electrons. The van der Waals surface area contributed by atoms with Gasteiger partial charge in [-0.2, -0.15) is 5.26 Å². The summed E-state index contributed by atoms with van der Waals surface area (Å²) in [7, 11) is 0. The summed E-state index contributed by atoms with van der Waals surface area (Å²) in [5.41, 5.74) is 0.795. The number of thiocyanates is 1. The summed E-state index contributed by atoms with van der Waals surface area (Å²) in [6.07, 6.45) is 0. The van der Waals surface area contributed by atoms with Crippen molar-refractivity contribution < 1.29 is 5.11 Å². The normalized spacial score (nSPS) is 10.2. The Morgan fingerprint density at radius 1 is 1.57 bits per heavy atom. The summed E-state index contributed by atoms with van der Waals surface area (Å²) in [4.78, 5) is 4.30. The lowest BCUT2D eigenvalue weighted by Crippen LogP contribution is -1.74. The Bertz CT molecular complexity index is 501. The van der Waals surface area contributed by atoms with Gasteiger partial charge >= 0.3 is 0 Å². The summed E-state index contributed by atoms with van der Waals surface area (Å²) in [5.74, 6) is 0.832. The van der Waals surface area contributed by atoms with Crippen LogP contribution in [0.15, 0.2) is 18.2 Å². The first-order valence-electron chi connectivity index (χ1n) is 3.89. The topological polar surface area (TPSA) is 56.9 Å². The smallest absolute Gasteiger partial charge is 0.133 e. The molecule has 0 spiro atoms. The van der Waals surface area contributed by atoms with Gasteiger partial charge in [0.1, 0.15) is 16.2 Å². The van der Waals surface area contributed by atoms with Crippen LogP contribution in [-0.2, 0) is 5.75 Å². The predicted molar refractivity (Wildman–Crippen MR) is 58.2 cm³/mol. The van der Waals surface area contributed by atoms with Crippen molar-refractivity contribution in [2.75, 3.05) is 0 Å². The number of hydrogen-bond donors (Lipinski definition) is 1. The average molecular weight is 222 g/mol. The number of thioether (sulfide) groups is 1. The molecule has 2 aromatic rings. The zero-order valence-corrected chi connectivity index (χ0v) is 8.73. The van der Waals surface area contributed by atoms with Gasteiger partial charge in [0.05, 0.1) is 16.0 Å². The standard InChI is InChI=1S/C9H6N2OS2/c10-5-13-4-9-11-7-3-6(12)1-2-8(7)14-9/h1-3,12H,4H2. The number of benzene rings is 1. The third-order valence-electron chi connectivity index (χ3n) is 1.68. The first-order chi connectivity index (χ1) is 6.79. The number of phenolic OH excluding ortho intramolecular Hbond substituents is 1. The number of phenols is 1. The monoisotopic (exact) mass is 222 g/mol. The van der Waals surface area contributed by atoms with Crippen LogP contribution in [0.1, 0.15) is 5.01 Å². The number of rotatable bonds is 2. The predicted octanol–water partition coefficient (Wildman–Crippen LogP) is 2.72. The van der Waals surface area contributed by atoms with Crippen LogP contribution in [0.25, 0.3) is 10.2 Å². The maximum absolute atomic E-state index is 9.22. The molecule has 5 heteroatoms. The molecule has 0 atom stereocenters. The summed E-state index contributed by atoms with van der Waals surface area (Å²) in [6, 6.07) is 5.11. The zero-order valence-electron chi connectivity index (χ0n) is 7.10. The van der Waals surface area contributed by atoms with E-state index >= 15 is 0 Å². The molecule has 2 rings (SSSR count). The van der Waals surface area contributed by atoms with Crippen molar-refractivity contribution in [2.45, 2.75) is 5.75 Å². The minimum absolute atomic E-state index is 0.224. The lowest BCUT2D eigenvalue weighted by atomic mass is 10.3. The third-order valence-corrected chi connectivity index (χ3v) is 3.44. The van der Waals surface area contributed by atoms with E-state index in [-0.39, 0.29) is 5.75 Å². The number of nitrogens with zero attached hydrogens (tertiary/aromatic N) is 2. The van der Waals surface area contributed by atoms with E-state index in [0.717, 1.165) is 15.2 Å². The van der Waals surface area contributed by atoms with Gasteiger partial charge in [0, 0.05) is 6.07 Å². The van der Waals surface area contributed by atoms with Crippen LogP contribution in [0.5, 0.6) is 5.75 Å². The fourth-order valence-electron chi connectivity index (χ4n) is 1.12. The average Bonchev–Trinajstić information content (AvgIpc) is 2.56. The fraction of sp³-hybridized carbons (Fsp3) is 0.111. The van der Waals surface area contributed by atoms with Crippen molar-refractivity contribution >= 4 is 33.3 Å². The summed E-state index contributed by atoms with van der Waals surface area (Å²) < 4.78 is 1.04. The van der Waals surface area contributed by atoms with E-state index in [1.54, 1.807) is 23.5 Å². The highest BCUT2D eigenvalue weighted by Crippen LogP contribution is 2.27. The fourth-order valence-corrected chi connectivity index (χ4v) is 2.53. The van der Waals surface area contributed by atoms with E-state index in [9.17, 15) is 5.11 Å². The van der Waals surface area contributed by atoms with Crippen LogP contribution in [0, 0.1) is 10.7 Å². The van der Waals surface area contributed by atoms with Gasteiger partial charge in [-0.3, -0.25) is 0 Å². The van der Waals surface area contributed by atoms with Crippen molar-refractivity contribution in [3.8, 4) is 11.2 Å². The number of hydrogen-bond acceptors (Lipinski definition) is 5. The number of thiazole rings is 1. The maximum atomic E-state index is 9.22. The van der Waals surface area contributed by atoms with Crippen LogP contribution in [0.2, 0.25) is 0 Å². The molecule has 0 saturated heterocycles. The second-order valence-electron chi connectivity index (χ2n) is 2.64. The van der Waals surface area contributed by atoms with E-state index in [1.165, 1.54) is 11.8 Å². The molecule has 0 unspecified atom stereocenters. The van der Waals surface area contributed by atoms with Crippen molar-refractivity contribution in [1.82, 2.24) is 4.98 Å². The lowest BCUT2D eigenvalue weighted by molar-refractivity contribution is 0.476.